The van der Waals surface area contributed by atoms with Gasteiger partial charge in [0.25, 0.3) is 0 Å². The van der Waals surface area contributed by atoms with Crippen LogP contribution < -0.4 is 14.3 Å². The molecule has 2 heterocycles. The number of rotatable bonds is 5. The number of hydrogen-bond acceptors (Lipinski definition) is 5. The quantitative estimate of drug-likeness (QED) is 0.711. The lowest BCUT2D eigenvalue weighted by atomic mass is 9.99. The molecule has 0 radical (unpaired) electrons. The van der Waals surface area contributed by atoms with Crippen molar-refractivity contribution in [1.82, 2.24) is 4.72 Å². The first kappa shape index (κ1) is 21.3. The van der Waals surface area contributed by atoms with Crippen LogP contribution in [0, 0.1) is 6.92 Å². The van der Waals surface area contributed by atoms with Gasteiger partial charge < -0.3 is 14.5 Å². The molecular formula is C23H29N3O5S. The normalized spacial score (nSPS) is 18.3. The molecule has 1 fully saturated rings. The monoisotopic (exact) mass is 459 g/mol. The van der Waals surface area contributed by atoms with Gasteiger partial charge in [-0.05, 0) is 86.6 Å². The van der Waals surface area contributed by atoms with Crippen molar-refractivity contribution in [3.8, 4) is 0 Å². The van der Waals surface area contributed by atoms with Crippen LogP contribution in [0.1, 0.15) is 53.7 Å². The van der Waals surface area contributed by atoms with Gasteiger partial charge in [-0.1, -0.05) is 6.07 Å². The average Bonchev–Trinajstić information content (AvgIpc) is 3.49. The summed E-state index contributed by atoms with van der Waals surface area (Å²) in [6.07, 6.45) is 7.00. The molecule has 1 aromatic carbocycles. The van der Waals surface area contributed by atoms with E-state index in [0.29, 0.717) is 31.8 Å². The summed E-state index contributed by atoms with van der Waals surface area (Å²) < 4.78 is 41.2. The maximum absolute atomic E-state index is 13.4. The molecule has 3 aliphatic rings. The Morgan fingerprint density at radius 2 is 1.69 bits per heavy atom. The molecule has 8 nitrogen and oxygen atoms in total. The molecular weight excluding hydrogens is 430 g/mol. The van der Waals surface area contributed by atoms with Gasteiger partial charge in [-0.25, -0.2) is 13.8 Å². The highest BCUT2D eigenvalue weighted by Gasteiger charge is 2.35. The molecule has 2 aromatic rings. The number of carbonyl (C=O) groups is 1. The van der Waals surface area contributed by atoms with Crippen LogP contribution in [0.4, 0.5) is 16.4 Å². The fourth-order valence-corrected chi connectivity index (χ4v) is 6.55. The third kappa shape index (κ3) is 3.99. The molecule has 0 atom stereocenters. The third-order valence-electron chi connectivity index (χ3n) is 6.66. The highest BCUT2D eigenvalue weighted by molar-refractivity contribution is 7.91. The summed E-state index contributed by atoms with van der Waals surface area (Å²) in [6.45, 7) is 2.69. The maximum atomic E-state index is 13.4. The van der Waals surface area contributed by atoms with Gasteiger partial charge in [0.1, 0.15) is 5.76 Å². The zero-order valence-electron chi connectivity index (χ0n) is 18.3. The first-order valence-corrected chi connectivity index (χ1v) is 12.8. The molecule has 5 rings (SSSR count). The van der Waals surface area contributed by atoms with Gasteiger partial charge in [0.2, 0.25) is 5.88 Å². The Balaban J connectivity index is 1.41. The predicted molar refractivity (Wildman–Crippen MR) is 121 cm³/mol. The second-order valence-corrected chi connectivity index (χ2v) is 10.4. The van der Waals surface area contributed by atoms with Gasteiger partial charge in [0.15, 0.2) is 0 Å². The Morgan fingerprint density at radius 3 is 2.28 bits per heavy atom. The highest BCUT2D eigenvalue weighted by Crippen LogP contribution is 2.38. The van der Waals surface area contributed by atoms with Crippen molar-refractivity contribution in [3.05, 3.63) is 46.2 Å². The Bertz CT molecular complexity index is 1100. The summed E-state index contributed by atoms with van der Waals surface area (Å²) in [5, 5.41) is 2.90. The number of amides is 2. The number of urea groups is 1. The summed E-state index contributed by atoms with van der Waals surface area (Å²) in [7, 11) is -4.19. The minimum absolute atomic E-state index is 0.205. The Labute approximate surface area is 188 Å². The minimum Gasteiger partial charge on any atom is -0.445 e. The number of ether oxygens (including phenoxy) is 1. The SMILES string of the molecule is Cc1ccc(N(C2CCOCC2)S(=O)(=O)NC(=O)Nc2c3c(cc4c2CCC4)CCC3)o1. The summed E-state index contributed by atoms with van der Waals surface area (Å²) in [6, 6.07) is 4.54. The van der Waals surface area contributed by atoms with Crippen LogP contribution in [-0.4, -0.2) is 33.7 Å². The number of anilines is 2. The molecule has 0 bridgehead atoms. The third-order valence-corrected chi connectivity index (χ3v) is 8.10. The van der Waals surface area contributed by atoms with E-state index >= 15 is 0 Å². The largest absolute Gasteiger partial charge is 0.445 e. The minimum atomic E-state index is -4.19. The van der Waals surface area contributed by atoms with Crippen LogP contribution in [0.15, 0.2) is 22.6 Å². The van der Waals surface area contributed by atoms with E-state index in [1.807, 2.05) is 0 Å². The van der Waals surface area contributed by atoms with E-state index in [2.05, 4.69) is 16.1 Å². The molecule has 0 saturated carbocycles. The van der Waals surface area contributed by atoms with E-state index in [1.54, 1.807) is 19.1 Å². The lowest BCUT2D eigenvalue weighted by Crippen LogP contribution is -2.51. The second kappa shape index (κ2) is 8.44. The number of benzene rings is 1. The number of furan rings is 1. The average molecular weight is 460 g/mol. The van der Waals surface area contributed by atoms with Crippen LogP contribution in [0.3, 0.4) is 0 Å². The van der Waals surface area contributed by atoms with Crippen molar-refractivity contribution < 1.29 is 22.4 Å². The maximum Gasteiger partial charge on any atom is 0.334 e. The topological polar surface area (TPSA) is 101 Å². The van der Waals surface area contributed by atoms with Gasteiger partial charge in [-0.2, -0.15) is 8.42 Å². The highest BCUT2D eigenvalue weighted by atomic mass is 32.2. The first-order chi connectivity index (χ1) is 15.4. The Kier molecular flexibility index (Phi) is 5.63. The van der Waals surface area contributed by atoms with Crippen molar-refractivity contribution in [2.45, 2.75) is 64.3 Å². The van der Waals surface area contributed by atoms with Crippen molar-refractivity contribution in [1.29, 1.82) is 0 Å². The molecule has 0 unspecified atom stereocenters. The zero-order valence-corrected chi connectivity index (χ0v) is 19.1. The van der Waals surface area contributed by atoms with E-state index in [4.69, 9.17) is 9.15 Å². The molecule has 9 heteroatoms. The smallest absolute Gasteiger partial charge is 0.334 e. The molecule has 2 aliphatic carbocycles. The van der Waals surface area contributed by atoms with Crippen LogP contribution in [0.2, 0.25) is 0 Å². The second-order valence-electron chi connectivity index (χ2n) is 8.82. The van der Waals surface area contributed by atoms with E-state index in [0.717, 1.165) is 55.3 Å². The predicted octanol–water partition coefficient (Wildman–Crippen LogP) is 3.62. The van der Waals surface area contributed by atoms with E-state index < -0.39 is 16.2 Å². The Morgan fingerprint density at radius 1 is 1.03 bits per heavy atom. The Hall–Kier alpha value is -2.52. The van der Waals surface area contributed by atoms with Crippen LogP contribution in [0.5, 0.6) is 0 Å². The molecule has 1 aromatic heterocycles. The molecule has 2 N–H and O–H groups in total. The summed E-state index contributed by atoms with van der Waals surface area (Å²) in [5.41, 5.74) is 5.67. The van der Waals surface area contributed by atoms with Crippen molar-refractivity contribution in [2.75, 3.05) is 22.8 Å². The molecule has 32 heavy (non-hydrogen) atoms. The van der Waals surface area contributed by atoms with Crippen LogP contribution in [-0.2, 0) is 40.6 Å². The number of aryl methyl sites for hydroxylation is 3. The van der Waals surface area contributed by atoms with E-state index in [1.165, 1.54) is 15.4 Å². The standard InChI is InChI=1S/C23H29N3O5S/c1-15-8-9-21(31-15)26(18-10-12-30-13-11-18)32(28,29)25-23(27)24-22-19-6-2-4-16(19)14-17-5-3-7-20(17)22/h8-9,14,18H,2-7,10-13H2,1H3,(H2,24,25,27). The van der Waals surface area contributed by atoms with Crippen LogP contribution >= 0.6 is 0 Å². The van der Waals surface area contributed by atoms with E-state index in [9.17, 15) is 13.2 Å². The van der Waals surface area contributed by atoms with Crippen molar-refractivity contribution in [2.24, 2.45) is 0 Å². The molecule has 2 amide bonds. The van der Waals surface area contributed by atoms with Gasteiger partial charge in [0.05, 0.1) is 6.04 Å². The summed E-state index contributed by atoms with van der Waals surface area (Å²) >= 11 is 0. The molecule has 0 spiro atoms. The van der Waals surface area contributed by atoms with Crippen molar-refractivity contribution in [3.63, 3.8) is 0 Å². The first-order valence-electron chi connectivity index (χ1n) is 11.4. The summed E-state index contributed by atoms with van der Waals surface area (Å²) in [4.78, 5) is 13.0. The van der Waals surface area contributed by atoms with Gasteiger partial charge in [0, 0.05) is 25.0 Å². The number of hydrogen-bond donors (Lipinski definition) is 2. The molecule has 1 aliphatic heterocycles. The van der Waals surface area contributed by atoms with Crippen molar-refractivity contribution >= 4 is 27.8 Å². The number of carbonyl (C=O) groups excluding carboxylic acids is 1. The van der Waals surface area contributed by atoms with Crippen LogP contribution in [0.25, 0.3) is 0 Å². The van der Waals surface area contributed by atoms with E-state index in [-0.39, 0.29) is 11.9 Å². The molecule has 172 valence electrons. The molecule has 1 saturated heterocycles. The van der Waals surface area contributed by atoms with Gasteiger partial charge in [-0.15, -0.1) is 0 Å². The van der Waals surface area contributed by atoms with Gasteiger partial charge >= 0.3 is 16.2 Å². The number of nitrogens with zero attached hydrogens (tertiary/aromatic N) is 1. The lowest BCUT2D eigenvalue weighted by molar-refractivity contribution is 0.0869. The van der Waals surface area contributed by atoms with Gasteiger partial charge in [-0.3, -0.25) is 0 Å². The fourth-order valence-electron chi connectivity index (χ4n) is 5.23. The summed E-state index contributed by atoms with van der Waals surface area (Å²) in [5.74, 6) is 0.809. The fraction of sp³-hybridized carbons (Fsp3) is 0.522. The zero-order chi connectivity index (χ0) is 22.3. The number of nitrogens with one attached hydrogen (secondary N) is 2. The number of fused-ring (bicyclic) bond motifs is 2. The lowest BCUT2D eigenvalue weighted by Gasteiger charge is -2.32.